The number of aromatic nitrogens is 2. The van der Waals surface area contributed by atoms with Crippen LogP contribution in [0.15, 0.2) is 41.3 Å². The number of nitrogens with one attached hydrogen (secondary N) is 1. The molecular formula is C20H18F4N4O3S. The van der Waals surface area contributed by atoms with E-state index in [1.807, 2.05) is 0 Å². The molecule has 12 heteroatoms. The molecule has 1 heterocycles. The second kappa shape index (κ2) is 7.85. The average molecular weight is 470 g/mol. The quantitative estimate of drug-likeness (QED) is 0.555. The molecule has 4 rings (SSSR count). The zero-order valence-corrected chi connectivity index (χ0v) is 17.3. The zero-order valence-electron chi connectivity index (χ0n) is 16.5. The van der Waals surface area contributed by atoms with Gasteiger partial charge in [-0.25, -0.2) is 31.1 Å². The standard InChI is InChI=1S/C20H18F4N4O3S/c21-12-1-3-14-16(7-12)27-28(10-11-5-6-20(23,24)9-11)18(14)19(29)26-13-2-4-15(22)17(8-13)32(25,30)31/h1-4,7-8,11H,5-6,9-10H2,(H,26,29)(H2,25,30,31). The van der Waals surface area contributed by atoms with Crippen molar-refractivity contribution in [1.29, 1.82) is 0 Å². The van der Waals surface area contributed by atoms with Crippen molar-refractivity contribution >= 4 is 32.5 Å². The first-order chi connectivity index (χ1) is 14.9. The van der Waals surface area contributed by atoms with Gasteiger partial charge in [0.25, 0.3) is 5.91 Å². The number of sulfonamides is 1. The number of alkyl halides is 2. The number of nitrogens with zero attached hydrogens (tertiary/aromatic N) is 2. The average Bonchev–Trinajstić information content (AvgIpc) is 3.20. The fraction of sp³-hybridized carbons (Fsp3) is 0.300. The zero-order chi connectivity index (χ0) is 23.3. The van der Waals surface area contributed by atoms with Crippen LogP contribution in [-0.4, -0.2) is 30.0 Å². The molecule has 2 aromatic carbocycles. The Morgan fingerprint density at radius 1 is 1.22 bits per heavy atom. The lowest BCUT2D eigenvalue weighted by Crippen LogP contribution is -2.21. The van der Waals surface area contributed by atoms with Gasteiger partial charge in [-0.3, -0.25) is 9.48 Å². The number of hydrogen-bond acceptors (Lipinski definition) is 4. The van der Waals surface area contributed by atoms with E-state index in [1.54, 1.807) is 0 Å². The fourth-order valence-corrected chi connectivity index (χ4v) is 4.54. The molecule has 7 nitrogen and oxygen atoms in total. The second-order valence-corrected chi connectivity index (χ2v) is 9.33. The molecule has 1 aliphatic rings. The molecule has 0 spiro atoms. The predicted molar refractivity (Wildman–Crippen MR) is 108 cm³/mol. The lowest BCUT2D eigenvalue weighted by atomic mass is 10.1. The minimum absolute atomic E-state index is 0.0144. The van der Waals surface area contributed by atoms with Crippen LogP contribution in [0.1, 0.15) is 29.8 Å². The number of hydrogen-bond donors (Lipinski definition) is 2. The number of fused-ring (bicyclic) bond motifs is 1. The van der Waals surface area contributed by atoms with Crippen LogP contribution in [0.5, 0.6) is 0 Å². The summed E-state index contributed by atoms with van der Waals surface area (Å²) < 4.78 is 79.0. The SMILES string of the molecule is NS(=O)(=O)c1cc(NC(=O)c2c3ccc(F)cc3nn2CC2CCC(F)(F)C2)ccc1F. The Hall–Kier alpha value is -2.99. The maximum Gasteiger partial charge on any atom is 0.274 e. The smallest absolute Gasteiger partial charge is 0.274 e. The molecule has 1 atom stereocenters. The monoisotopic (exact) mass is 470 g/mol. The third kappa shape index (κ3) is 4.46. The molecular weight excluding hydrogens is 452 g/mol. The lowest BCUT2D eigenvalue weighted by molar-refractivity contribution is 0.00422. The van der Waals surface area contributed by atoms with Crippen LogP contribution in [0.25, 0.3) is 10.9 Å². The highest BCUT2D eigenvalue weighted by Gasteiger charge is 2.40. The van der Waals surface area contributed by atoms with Crippen molar-refractivity contribution < 1.29 is 30.8 Å². The summed E-state index contributed by atoms with van der Waals surface area (Å²) in [4.78, 5) is 12.3. The van der Waals surface area contributed by atoms with Gasteiger partial charge in [-0.15, -0.1) is 0 Å². The number of carbonyl (C=O) groups is 1. The lowest BCUT2D eigenvalue weighted by Gasteiger charge is -2.14. The van der Waals surface area contributed by atoms with Gasteiger partial charge in [-0.2, -0.15) is 5.10 Å². The van der Waals surface area contributed by atoms with E-state index in [9.17, 15) is 30.8 Å². The Labute approximate surface area is 180 Å². The normalized spacial score (nSPS) is 18.2. The van der Waals surface area contributed by atoms with Crippen molar-refractivity contribution in [2.24, 2.45) is 11.1 Å². The van der Waals surface area contributed by atoms with Crippen molar-refractivity contribution in [3.63, 3.8) is 0 Å². The number of anilines is 1. The summed E-state index contributed by atoms with van der Waals surface area (Å²) in [6.45, 7) is 0.0144. The Morgan fingerprint density at radius 2 is 1.97 bits per heavy atom. The molecule has 32 heavy (non-hydrogen) atoms. The van der Waals surface area contributed by atoms with E-state index in [0.717, 1.165) is 30.3 Å². The molecule has 0 saturated heterocycles. The molecule has 1 saturated carbocycles. The molecule has 170 valence electrons. The summed E-state index contributed by atoms with van der Waals surface area (Å²) in [5, 5.41) is 11.9. The van der Waals surface area contributed by atoms with E-state index in [2.05, 4.69) is 10.4 Å². The Bertz CT molecular complexity index is 1320. The van der Waals surface area contributed by atoms with Crippen molar-refractivity contribution in [2.45, 2.75) is 36.6 Å². The van der Waals surface area contributed by atoms with E-state index in [1.165, 1.54) is 10.7 Å². The Balaban J connectivity index is 1.70. The molecule has 0 bridgehead atoms. The van der Waals surface area contributed by atoms with E-state index in [-0.39, 0.29) is 48.1 Å². The number of carbonyl (C=O) groups excluding carboxylic acids is 1. The highest BCUT2D eigenvalue weighted by atomic mass is 32.2. The highest BCUT2D eigenvalue weighted by molar-refractivity contribution is 7.89. The third-order valence-electron chi connectivity index (χ3n) is 5.35. The second-order valence-electron chi connectivity index (χ2n) is 7.80. The van der Waals surface area contributed by atoms with Gasteiger partial charge >= 0.3 is 0 Å². The minimum atomic E-state index is -4.38. The summed E-state index contributed by atoms with van der Waals surface area (Å²) in [5.74, 6) is -5.65. The number of nitrogens with two attached hydrogens (primary N) is 1. The summed E-state index contributed by atoms with van der Waals surface area (Å²) in [6, 6.07) is 6.42. The fourth-order valence-electron chi connectivity index (χ4n) is 3.91. The molecule has 3 N–H and O–H groups in total. The van der Waals surface area contributed by atoms with E-state index in [0.29, 0.717) is 0 Å². The molecule has 1 amide bonds. The van der Waals surface area contributed by atoms with Gasteiger partial charge in [-0.05, 0) is 42.7 Å². The Kier molecular flexibility index (Phi) is 5.45. The van der Waals surface area contributed by atoms with Crippen molar-refractivity contribution in [2.75, 3.05) is 5.32 Å². The highest BCUT2D eigenvalue weighted by Crippen LogP contribution is 2.40. The summed E-state index contributed by atoms with van der Waals surface area (Å²) in [7, 11) is -4.38. The predicted octanol–water partition coefficient (Wildman–Crippen LogP) is 3.65. The summed E-state index contributed by atoms with van der Waals surface area (Å²) in [6.07, 6.45) is -0.372. The third-order valence-corrected chi connectivity index (χ3v) is 6.27. The minimum Gasteiger partial charge on any atom is -0.321 e. The van der Waals surface area contributed by atoms with Crippen LogP contribution in [0, 0.1) is 17.6 Å². The maximum absolute atomic E-state index is 13.8. The molecule has 1 fully saturated rings. The van der Waals surface area contributed by atoms with Crippen LogP contribution in [0.4, 0.5) is 23.2 Å². The van der Waals surface area contributed by atoms with Crippen LogP contribution in [0.3, 0.4) is 0 Å². The molecule has 3 aromatic rings. The first kappa shape index (κ1) is 22.2. The van der Waals surface area contributed by atoms with Crippen LogP contribution < -0.4 is 10.5 Å². The molecule has 1 unspecified atom stereocenters. The molecule has 0 aliphatic heterocycles. The van der Waals surface area contributed by atoms with Crippen molar-refractivity contribution in [3.05, 3.63) is 53.7 Å². The van der Waals surface area contributed by atoms with Gasteiger partial charge in [0.1, 0.15) is 22.2 Å². The number of amides is 1. The summed E-state index contributed by atoms with van der Waals surface area (Å²) >= 11 is 0. The topological polar surface area (TPSA) is 107 Å². The molecule has 1 aliphatic carbocycles. The van der Waals surface area contributed by atoms with E-state index in [4.69, 9.17) is 5.14 Å². The van der Waals surface area contributed by atoms with Gasteiger partial charge in [-0.1, -0.05) is 0 Å². The largest absolute Gasteiger partial charge is 0.321 e. The van der Waals surface area contributed by atoms with Crippen LogP contribution >= 0.6 is 0 Å². The van der Waals surface area contributed by atoms with Gasteiger partial charge < -0.3 is 5.32 Å². The first-order valence-corrected chi connectivity index (χ1v) is 11.2. The molecule has 1 aromatic heterocycles. The van der Waals surface area contributed by atoms with Crippen molar-refractivity contribution in [3.8, 4) is 0 Å². The molecule has 0 radical (unpaired) electrons. The van der Waals surface area contributed by atoms with Crippen molar-refractivity contribution in [1.82, 2.24) is 9.78 Å². The number of halogens is 4. The maximum atomic E-state index is 13.8. The number of benzene rings is 2. The van der Waals surface area contributed by atoms with Gasteiger partial charge in [0, 0.05) is 36.5 Å². The van der Waals surface area contributed by atoms with Gasteiger partial charge in [0.2, 0.25) is 15.9 Å². The summed E-state index contributed by atoms with van der Waals surface area (Å²) in [5.41, 5.74) is 0.0803. The Morgan fingerprint density at radius 3 is 2.62 bits per heavy atom. The number of primary sulfonamides is 1. The van der Waals surface area contributed by atoms with Crippen LogP contribution in [-0.2, 0) is 16.6 Å². The van der Waals surface area contributed by atoms with Gasteiger partial charge in [0.05, 0.1) is 5.52 Å². The number of rotatable bonds is 5. The van der Waals surface area contributed by atoms with Crippen LogP contribution in [0.2, 0.25) is 0 Å². The van der Waals surface area contributed by atoms with E-state index < -0.39 is 44.3 Å². The van der Waals surface area contributed by atoms with Gasteiger partial charge in [0.15, 0.2) is 0 Å². The van der Waals surface area contributed by atoms with E-state index >= 15 is 0 Å². The first-order valence-electron chi connectivity index (χ1n) is 9.60.